The lowest BCUT2D eigenvalue weighted by molar-refractivity contribution is -0.116. The summed E-state index contributed by atoms with van der Waals surface area (Å²) in [6.07, 6.45) is 7.46. The highest BCUT2D eigenvalue weighted by atomic mass is 32.2. The number of hydrogen-bond acceptors (Lipinski definition) is 5. The van der Waals surface area contributed by atoms with Gasteiger partial charge >= 0.3 is 0 Å². The molecule has 0 aromatic carbocycles. The van der Waals surface area contributed by atoms with E-state index in [2.05, 4.69) is 10.2 Å². The van der Waals surface area contributed by atoms with Crippen molar-refractivity contribution in [3.63, 3.8) is 0 Å². The number of nitrogens with zero attached hydrogens (tertiary/aromatic N) is 3. The van der Waals surface area contributed by atoms with Crippen molar-refractivity contribution < 1.29 is 4.79 Å². The van der Waals surface area contributed by atoms with Gasteiger partial charge in [0.1, 0.15) is 0 Å². The molecule has 1 aromatic rings. The summed E-state index contributed by atoms with van der Waals surface area (Å²) in [5.41, 5.74) is 0. The second-order valence-corrected chi connectivity index (χ2v) is 7.50. The SMILES string of the molecule is CC(=O)N(c1nnc(SC2CCCC2)s1)C1CC1. The van der Waals surface area contributed by atoms with Gasteiger partial charge in [-0.25, -0.2) is 0 Å². The third-order valence-corrected chi connectivity index (χ3v) is 5.77. The third kappa shape index (κ3) is 2.69. The van der Waals surface area contributed by atoms with Gasteiger partial charge in [0.25, 0.3) is 0 Å². The zero-order chi connectivity index (χ0) is 12.5. The summed E-state index contributed by atoms with van der Waals surface area (Å²) in [4.78, 5) is 13.5. The fraction of sp³-hybridized carbons (Fsp3) is 0.750. The van der Waals surface area contributed by atoms with Crippen LogP contribution in [0.15, 0.2) is 4.34 Å². The monoisotopic (exact) mass is 283 g/mol. The molecule has 1 amide bonds. The van der Waals surface area contributed by atoms with Crippen LogP contribution in [-0.2, 0) is 4.79 Å². The number of anilines is 1. The first kappa shape index (κ1) is 12.4. The van der Waals surface area contributed by atoms with E-state index in [0.717, 1.165) is 22.3 Å². The van der Waals surface area contributed by atoms with Gasteiger partial charge in [-0.05, 0) is 25.7 Å². The maximum absolute atomic E-state index is 11.6. The predicted molar refractivity (Wildman–Crippen MR) is 74.2 cm³/mol. The van der Waals surface area contributed by atoms with Crippen LogP contribution in [-0.4, -0.2) is 27.4 Å². The maximum Gasteiger partial charge on any atom is 0.225 e. The Hall–Kier alpha value is -0.620. The molecule has 2 saturated carbocycles. The van der Waals surface area contributed by atoms with Crippen molar-refractivity contribution in [3.05, 3.63) is 0 Å². The Morgan fingerprint density at radius 2 is 2.00 bits per heavy atom. The van der Waals surface area contributed by atoms with Gasteiger partial charge in [-0.1, -0.05) is 35.9 Å². The Morgan fingerprint density at radius 3 is 2.61 bits per heavy atom. The van der Waals surface area contributed by atoms with Crippen molar-refractivity contribution in [1.82, 2.24) is 10.2 Å². The van der Waals surface area contributed by atoms with Gasteiger partial charge in [0, 0.05) is 18.2 Å². The van der Waals surface area contributed by atoms with E-state index in [4.69, 9.17) is 0 Å². The average molecular weight is 283 g/mol. The Morgan fingerprint density at radius 1 is 1.28 bits per heavy atom. The van der Waals surface area contributed by atoms with Crippen LogP contribution in [0.25, 0.3) is 0 Å². The fourth-order valence-corrected chi connectivity index (χ4v) is 4.84. The third-order valence-electron chi connectivity index (χ3n) is 3.42. The summed E-state index contributed by atoms with van der Waals surface area (Å²) in [6, 6.07) is 0.375. The summed E-state index contributed by atoms with van der Waals surface area (Å²) in [5, 5.41) is 9.91. The zero-order valence-electron chi connectivity index (χ0n) is 10.5. The molecule has 6 heteroatoms. The molecule has 0 saturated heterocycles. The molecule has 3 rings (SSSR count). The van der Waals surface area contributed by atoms with Gasteiger partial charge in [-0.2, -0.15) is 0 Å². The molecule has 2 aliphatic rings. The number of hydrogen-bond donors (Lipinski definition) is 0. The zero-order valence-corrected chi connectivity index (χ0v) is 12.1. The molecule has 0 unspecified atom stereocenters. The van der Waals surface area contributed by atoms with E-state index >= 15 is 0 Å². The first-order chi connectivity index (χ1) is 8.74. The van der Waals surface area contributed by atoms with E-state index in [1.54, 1.807) is 18.3 Å². The van der Waals surface area contributed by atoms with Crippen LogP contribution < -0.4 is 4.90 Å². The van der Waals surface area contributed by atoms with Crippen molar-refractivity contribution in [2.45, 2.75) is 61.1 Å². The number of rotatable bonds is 4. The van der Waals surface area contributed by atoms with E-state index in [1.807, 2.05) is 16.7 Å². The van der Waals surface area contributed by atoms with Crippen LogP contribution in [0.4, 0.5) is 5.13 Å². The molecular formula is C12H17N3OS2. The van der Waals surface area contributed by atoms with Crippen LogP contribution >= 0.6 is 23.1 Å². The molecule has 0 aliphatic heterocycles. The van der Waals surface area contributed by atoms with Gasteiger partial charge in [0.2, 0.25) is 11.0 Å². The van der Waals surface area contributed by atoms with E-state index in [9.17, 15) is 4.79 Å². The van der Waals surface area contributed by atoms with Crippen molar-refractivity contribution in [2.75, 3.05) is 4.90 Å². The summed E-state index contributed by atoms with van der Waals surface area (Å²) < 4.78 is 1.02. The lowest BCUT2D eigenvalue weighted by Crippen LogP contribution is -2.30. The molecule has 2 fully saturated rings. The molecule has 4 nitrogen and oxygen atoms in total. The summed E-state index contributed by atoms with van der Waals surface area (Å²) in [5.74, 6) is 0.0890. The number of amides is 1. The lowest BCUT2D eigenvalue weighted by atomic mass is 10.4. The number of carbonyl (C=O) groups excluding carboxylic acids is 1. The van der Waals surface area contributed by atoms with Crippen molar-refractivity contribution >= 4 is 34.1 Å². The second-order valence-electron chi connectivity index (χ2n) is 5.00. The quantitative estimate of drug-likeness (QED) is 0.797. The predicted octanol–water partition coefficient (Wildman–Crippen LogP) is 3.09. The standard InChI is InChI=1S/C12H17N3OS2/c1-8(16)15(9-6-7-9)11-13-14-12(18-11)17-10-4-2-3-5-10/h9-10H,2-7H2,1H3. The molecule has 2 aliphatic carbocycles. The van der Waals surface area contributed by atoms with Crippen molar-refractivity contribution in [3.8, 4) is 0 Å². The lowest BCUT2D eigenvalue weighted by Gasteiger charge is -2.15. The Bertz CT molecular complexity index is 438. The van der Waals surface area contributed by atoms with Gasteiger partial charge in [-0.3, -0.25) is 9.69 Å². The molecule has 0 radical (unpaired) electrons. The normalized spacial score (nSPS) is 20.3. The molecular weight excluding hydrogens is 266 g/mol. The Kier molecular flexibility index (Phi) is 3.56. The Balaban J connectivity index is 1.69. The van der Waals surface area contributed by atoms with Gasteiger partial charge in [0.15, 0.2) is 4.34 Å². The van der Waals surface area contributed by atoms with Gasteiger partial charge < -0.3 is 0 Å². The summed E-state index contributed by atoms with van der Waals surface area (Å²) in [6.45, 7) is 1.61. The number of aromatic nitrogens is 2. The van der Waals surface area contributed by atoms with Crippen molar-refractivity contribution in [1.29, 1.82) is 0 Å². The highest BCUT2D eigenvalue weighted by Gasteiger charge is 2.34. The van der Waals surface area contributed by atoms with E-state index in [1.165, 1.54) is 25.7 Å². The van der Waals surface area contributed by atoms with Crippen LogP contribution in [0.1, 0.15) is 45.4 Å². The molecule has 1 heterocycles. The first-order valence-electron chi connectivity index (χ1n) is 6.54. The van der Waals surface area contributed by atoms with Crippen LogP contribution in [0.5, 0.6) is 0 Å². The Labute approximate surface area is 115 Å². The maximum atomic E-state index is 11.6. The smallest absolute Gasteiger partial charge is 0.225 e. The van der Waals surface area contributed by atoms with Crippen LogP contribution in [0.2, 0.25) is 0 Å². The van der Waals surface area contributed by atoms with Gasteiger partial charge in [-0.15, -0.1) is 10.2 Å². The second kappa shape index (κ2) is 5.17. The van der Waals surface area contributed by atoms with Crippen molar-refractivity contribution in [2.24, 2.45) is 0 Å². The average Bonchev–Trinajstić information content (AvgIpc) is 2.85. The van der Waals surface area contributed by atoms with E-state index in [0.29, 0.717) is 11.3 Å². The minimum Gasteiger partial charge on any atom is -0.284 e. The molecule has 1 aromatic heterocycles. The largest absolute Gasteiger partial charge is 0.284 e. The van der Waals surface area contributed by atoms with E-state index in [-0.39, 0.29) is 5.91 Å². The fourth-order valence-electron chi connectivity index (χ4n) is 2.38. The minimum absolute atomic E-state index is 0.0890. The topological polar surface area (TPSA) is 46.1 Å². The molecule has 98 valence electrons. The van der Waals surface area contributed by atoms with Gasteiger partial charge in [0.05, 0.1) is 0 Å². The van der Waals surface area contributed by atoms with E-state index < -0.39 is 0 Å². The molecule has 0 N–H and O–H groups in total. The number of carbonyl (C=O) groups is 1. The first-order valence-corrected chi connectivity index (χ1v) is 8.23. The molecule has 0 bridgehead atoms. The molecule has 18 heavy (non-hydrogen) atoms. The van der Waals surface area contributed by atoms with Crippen LogP contribution in [0, 0.1) is 0 Å². The highest BCUT2D eigenvalue weighted by Crippen LogP contribution is 2.39. The molecule has 0 atom stereocenters. The molecule has 0 spiro atoms. The summed E-state index contributed by atoms with van der Waals surface area (Å²) >= 11 is 3.41. The highest BCUT2D eigenvalue weighted by molar-refractivity contribution is 8.01. The van der Waals surface area contributed by atoms with Crippen LogP contribution in [0.3, 0.4) is 0 Å². The number of thioether (sulfide) groups is 1. The minimum atomic E-state index is 0.0890. The summed E-state index contributed by atoms with van der Waals surface area (Å²) in [7, 11) is 0.